The van der Waals surface area contributed by atoms with E-state index >= 15 is 0 Å². The Morgan fingerprint density at radius 1 is 1.48 bits per heavy atom. The van der Waals surface area contributed by atoms with Crippen LogP contribution in [0.5, 0.6) is 0 Å². The number of amides is 2. The van der Waals surface area contributed by atoms with Gasteiger partial charge in [0.05, 0.1) is 12.2 Å². The first kappa shape index (κ1) is 15.2. The summed E-state index contributed by atoms with van der Waals surface area (Å²) >= 11 is 0. The smallest absolute Gasteiger partial charge is 0.234 e. The Bertz CT molecular complexity index is 536. The monoisotopic (exact) mass is 294 g/mol. The van der Waals surface area contributed by atoms with E-state index in [9.17, 15) is 14.0 Å². The largest absolute Gasteiger partial charge is 0.396 e. The second kappa shape index (κ2) is 7.03. The lowest BCUT2D eigenvalue weighted by molar-refractivity contribution is -0.124. The second-order valence-electron chi connectivity index (χ2n) is 5.01. The number of rotatable bonds is 5. The zero-order valence-electron chi connectivity index (χ0n) is 11.7. The number of carbonyl (C=O) groups is 2. The average Bonchev–Trinajstić information content (AvgIpc) is 2.43. The summed E-state index contributed by atoms with van der Waals surface area (Å²) in [5, 5.41) is 5.42. The fourth-order valence-corrected chi connectivity index (χ4v) is 2.19. The third-order valence-electron chi connectivity index (χ3n) is 3.28. The number of nitrogens with two attached hydrogens (primary N) is 1. The van der Waals surface area contributed by atoms with Gasteiger partial charge in [-0.15, -0.1) is 0 Å². The number of carbonyl (C=O) groups excluding carboxylic acids is 2. The van der Waals surface area contributed by atoms with Crippen LogP contribution in [0.3, 0.4) is 0 Å². The van der Waals surface area contributed by atoms with E-state index in [0.717, 1.165) is 6.54 Å². The van der Waals surface area contributed by atoms with Crippen molar-refractivity contribution in [3.05, 3.63) is 24.0 Å². The second-order valence-corrected chi connectivity index (χ2v) is 5.01. The lowest BCUT2D eigenvalue weighted by Gasteiger charge is -2.26. The van der Waals surface area contributed by atoms with Crippen LogP contribution in [0.15, 0.2) is 18.2 Å². The molecule has 0 spiro atoms. The van der Waals surface area contributed by atoms with Crippen LogP contribution < -0.4 is 16.4 Å². The van der Waals surface area contributed by atoms with Crippen LogP contribution in [0, 0.1) is 5.82 Å². The quantitative estimate of drug-likeness (QED) is 0.692. The molecule has 2 amide bonds. The first-order chi connectivity index (χ1) is 10.0. The average molecular weight is 294 g/mol. The first-order valence-electron chi connectivity index (χ1n) is 6.88. The summed E-state index contributed by atoms with van der Waals surface area (Å²) in [6.45, 7) is 2.55. The molecule has 0 atom stereocenters. The summed E-state index contributed by atoms with van der Waals surface area (Å²) in [5.74, 6) is -0.633. The molecule has 7 heteroatoms. The van der Waals surface area contributed by atoms with E-state index in [1.807, 2.05) is 4.90 Å². The highest BCUT2D eigenvalue weighted by Gasteiger charge is 2.15. The number of anilines is 2. The molecular formula is C14H19FN4O2. The topological polar surface area (TPSA) is 87.5 Å². The summed E-state index contributed by atoms with van der Waals surface area (Å²) in [4.78, 5) is 25.0. The summed E-state index contributed by atoms with van der Waals surface area (Å²) in [6.07, 6.45) is 1.01. The van der Waals surface area contributed by atoms with Crippen LogP contribution in [-0.4, -0.2) is 42.9 Å². The molecule has 1 aromatic carbocycles. The van der Waals surface area contributed by atoms with Gasteiger partial charge in [-0.05, 0) is 31.2 Å². The van der Waals surface area contributed by atoms with Gasteiger partial charge in [0.2, 0.25) is 11.8 Å². The van der Waals surface area contributed by atoms with E-state index in [1.54, 1.807) is 0 Å². The molecule has 0 bridgehead atoms. The zero-order valence-corrected chi connectivity index (χ0v) is 11.7. The van der Waals surface area contributed by atoms with E-state index in [1.165, 1.54) is 18.2 Å². The Morgan fingerprint density at radius 3 is 3.00 bits per heavy atom. The van der Waals surface area contributed by atoms with Crippen molar-refractivity contribution in [3.63, 3.8) is 0 Å². The highest BCUT2D eigenvalue weighted by atomic mass is 19.1. The fraction of sp³-hybridized carbons (Fsp3) is 0.429. The Kier molecular flexibility index (Phi) is 5.10. The van der Waals surface area contributed by atoms with E-state index in [4.69, 9.17) is 5.73 Å². The molecule has 1 fully saturated rings. The van der Waals surface area contributed by atoms with E-state index in [2.05, 4.69) is 10.6 Å². The Morgan fingerprint density at radius 2 is 2.29 bits per heavy atom. The van der Waals surface area contributed by atoms with Crippen LogP contribution in [0.1, 0.15) is 12.8 Å². The highest BCUT2D eigenvalue weighted by molar-refractivity contribution is 5.91. The predicted octanol–water partition coefficient (Wildman–Crippen LogP) is 0.558. The molecule has 2 rings (SSSR count). The molecule has 0 saturated carbocycles. The van der Waals surface area contributed by atoms with Gasteiger partial charge in [0, 0.05) is 25.2 Å². The van der Waals surface area contributed by atoms with E-state index < -0.39 is 5.82 Å². The Labute approximate surface area is 122 Å². The minimum absolute atomic E-state index is 0.00660. The van der Waals surface area contributed by atoms with Crippen molar-refractivity contribution in [1.29, 1.82) is 0 Å². The summed E-state index contributed by atoms with van der Waals surface area (Å²) in [5.41, 5.74) is 5.93. The number of piperazine rings is 1. The Balaban J connectivity index is 1.72. The van der Waals surface area contributed by atoms with Crippen molar-refractivity contribution in [2.75, 3.05) is 37.2 Å². The summed E-state index contributed by atoms with van der Waals surface area (Å²) < 4.78 is 13.0. The van der Waals surface area contributed by atoms with Gasteiger partial charge < -0.3 is 16.4 Å². The minimum atomic E-state index is -0.503. The molecule has 0 aliphatic carbocycles. The van der Waals surface area contributed by atoms with Gasteiger partial charge in [0.1, 0.15) is 5.82 Å². The number of hydrogen-bond acceptors (Lipinski definition) is 4. The summed E-state index contributed by atoms with van der Waals surface area (Å²) in [6, 6.07) is 4.08. The fourth-order valence-electron chi connectivity index (χ4n) is 2.19. The maximum Gasteiger partial charge on any atom is 0.234 e. The summed E-state index contributed by atoms with van der Waals surface area (Å²) in [7, 11) is 0. The number of nitrogens with one attached hydrogen (secondary N) is 2. The molecule has 0 unspecified atom stereocenters. The third kappa shape index (κ3) is 4.71. The van der Waals surface area contributed by atoms with Crippen LogP contribution in [0.25, 0.3) is 0 Å². The van der Waals surface area contributed by atoms with Gasteiger partial charge >= 0.3 is 0 Å². The number of hydrogen-bond donors (Lipinski definition) is 3. The number of nitrogens with zero attached hydrogens (tertiary/aromatic N) is 1. The van der Waals surface area contributed by atoms with Gasteiger partial charge in [-0.25, -0.2) is 4.39 Å². The van der Waals surface area contributed by atoms with Gasteiger partial charge in [0.25, 0.3) is 0 Å². The molecule has 1 saturated heterocycles. The van der Waals surface area contributed by atoms with E-state index in [-0.39, 0.29) is 17.5 Å². The van der Waals surface area contributed by atoms with Crippen molar-refractivity contribution in [2.24, 2.45) is 0 Å². The molecule has 1 aliphatic rings. The van der Waals surface area contributed by atoms with Gasteiger partial charge in [-0.3, -0.25) is 14.5 Å². The molecule has 6 nitrogen and oxygen atoms in total. The number of benzene rings is 1. The van der Waals surface area contributed by atoms with Crippen molar-refractivity contribution < 1.29 is 14.0 Å². The van der Waals surface area contributed by atoms with Crippen LogP contribution in [-0.2, 0) is 9.59 Å². The van der Waals surface area contributed by atoms with Crippen LogP contribution in [0.2, 0.25) is 0 Å². The number of halogens is 1. The normalized spacial score (nSPS) is 15.6. The van der Waals surface area contributed by atoms with E-state index in [0.29, 0.717) is 38.2 Å². The molecule has 1 heterocycles. The molecule has 0 aromatic heterocycles. The molecular weight excluding hydrogens is 275 g/mol. The third-order valence-corrected chi connectivity index (χ3v) is 3.28. The molecule has 1 aliphatic heterocycles. The number of nitrogen functional groups attached to an aromatic ring is 1. The molecule has 21 heavy (non-hydrogen) atoms. The van der Waals surface area contributed by atoms with Crippen molar-refractivity contribution in [2.45, 2.75) is 12.8 Å². The van der Waals surface area contributed by atoms with Gasteiger partial charge in [-0.1, -0.05) is 0 Å². The maximum atomic E-state index is 13.0. The van der Waals surface area contributed by atoms with Gasteiger partial charge in [0.15, 0.2) is 0 Å². The lowest BCUT2D eigenvalue weighted by atomic mass is 10.2. The van der Waals surface area contributed by atoms with Crippen molar-refractivity contribution in [3.8, 4) is 0 Å². The van der Waals surface area contributed by atoms with Crippen molar-refractivity contribution >= 4 is 23.2 Å². The first-order valence-corrected chi connectivity index (χ1v) is 6.88. The van der Waals surface area contributed by atoms with Crippen molar-refractivity contribution in [1.82, 2.24) is 10.2 Å². The molecule has 1 aromatic rings. The lowest BCUT2D eigenvalue weighted by Crippen LogP contribution is -2.47. The minimum Gasteiger partial charge on any atom is -0.396 e. The molecule has 4 N–H and O–H groups in total. The molecule has 114 valence electrons. The standard InChI is InChI=1S/C14H19FN4O2/c15-11-4-3-10(8-12(11)16)18-13(20)2-1-6-19-7-5-17-14(21)9-19/h3-4,8H,1-2,5-7,9,16H2,(H,17,21)(H,18,20). The van der Waals surface area contributed by atoms with Gasteiger partial charge in [-0.2, -0.15) is 0 Å². The predicted molar refractivity (Wildman–Crippen MR) is 78.1 cm³/mol. The zero-order chi connectivity index (χ0) is 15.2. The highest BCUT2D eigenvalue weighted by Crippen LogP contribution is 2.16. The van der Waals surface area contributed by atoms with Crippen LogP contribution >= 0.6 is 0 Å². The molecule has 0 radical (unpaired) electrons. The SMILES string of the molecule is Nc1cc(NC(=O)CCCN2CCNC(=O)C2)ccc1F. The Hall–Kier alpha value is -2.15. The maximum absolute atomic E-state index is 13.0. The van der Waals surface area contributed by atoms with Crippen LogP contribution in [0.4, 0.5) is 15.8 Å².